The number of nitrogens with one attached hydrogen (secondary N) is 1. The number of nitrogens with zero attached hydrogens (tertiary/aromatic N) is 2. The maximum atomic E-state index is 12.2. The van der Waals surface area contributed by atoms with E-state index in [0.29, 0.717) is 29.3 Å². The van der Waals surface area contributed by atoms with Gasteiger partial charge in [-0.15, -0.1) is 0 Å². The summed E-state index contributed by atoms with van der Waals surface area (Å²) in [6, 6.07) is 10.2. The first-order valence-electron chi connectivity index (χ1n) is 8.71. The first-order valence-corrected chi connectivity index (χ1v) is 8.71. The molecule has 1 amide bonds. The van der Waals surface area contributed by atoms with Gasteiger partial charge in [-0.05, 0) is 43.7 Å². The molecule has 7 nitrogen and oxygen atoms in total. The predicted molar refractivity (Wildman–Crippen MR) is 101 cm³/mol. The lowest BCUT2D eigenvalue weighted by Crippen LogP contribution is -2.20. The molecule has 3 aromatic rings. The fourth-order valence-electron chi connectivity index (χ4n) is 2.56. The molecule has 7 heteroatoms. The third-order valence-corrected chi connectivity index (χ3v) is 3.75. The summed E-state index contributed by atoms with van der Waals surface area (Å²) in [7, 11) is 0. The number of esters is 1. The van der Waals surface area contributed by atoms with Crippen molar-refractivity contribution in [3.8, 4) is 5.75 Å². The van der Waals surface area contributed by atoms with Gasteiger partial charge in [0.2, 0.25) is 0 Å². The van der Waals surface area contributed by atoms with Gasteiger partial charge in [-0.25, -0.2) is 9.78 Å². The predicted octanol–water partition coefficient (Wildman–Crippen LogP) is 3.23. The molecular weight excluding hydrogens is 346 g/mol. The van der Waals surface area contributed by atoms with Crippen molar-refractivity contribution in [3.05, 3.63) is 60.0 Å². The van der Waals surface area contributed by atoms with Gasteiger partial charge in [0.25, 0.3) is 5.91 Å². The van der Waals surface area contributed by atoms with Crippen LogP contribution in [0.3, 0.4) is 0 Å². The topological polar surface area (TPSA) is 81.9 Å². The Bertz CT molecular complexity index is 965. The molecule has 0 aliphatic rings. The standard InChI is InChI=1S/C20H21N3O4/c1-3-10-26-20(25)15-6-4-7-16(11-15)22-18(24)13-27-17-8-5-9-23-12-14(2)21-19(17)23/h4-9,11-12H,3,10,13H2,1-2H3,(H,22,24). The molecule has 2 aromatic heterocycles. The number of amides is 1. The molecule has 0 saturated carbocycles. The molecule has 0 aliphatic carbocycles. The van der Waals surface area contributed by atoms with Crippen molar-refractivity contribution in [2.45, 2.75) is 20.3 Å². The molecule has 0 spiro atoms. The van der Waals surface area contributed by atoms with Gasteiger partial charge in [-0.3, -0.25) is 4.79 Å². The molecule has 27 heavy (non-hydrogen) atoms. The molecule has 0 radical (unpaired) electrons. The van der Waals surface area contributed by atoms with Gasteiger partial charge in [-0.2, -0.15) is 0 Å². The molecule has 1 aromatic carbocycles. The van der Waals surface area contributed by atoms with Crippen LogP contribution >= 0.6 is 0 Å². The number of fused-ring (bicyclic) bond motifs is 1. The van der Waals surface area contributed by atoms with Crippen molar-refractivity contribution in [2.24, 2.45) is 0 Å². The smallest absolute Gasteiger partial charge is 0.338 e. The van der Waals surface area contributed by atoms with E-state index in [2.05, 4.69) is 10.3 Å². The zero-order valence-electron chi connectivity index (χ0n) is 15.3. The highest BCUT2D eigenvalue weighted by molar-refractivity contribution is 5.95. The second kappa shape index (κ2) is 8.35. The average molecular weight is 367 g/mol. The fraction of sp³-hybridized carbons (Fsp3) is 0.250. The van der Waals surface area contributed by atoms with Crippen LogP contribution in [0.25, 0.3) is 5.65 Å². The van der Waals surface area contributed by atoms with Crippen molar-refractivity contribution >= 4 is 23.2 Å². The summed E-state index contributed by atoms with van der Waals surface area (Å²) < 4.78 is 12.6. The van der Waals surface area contributed by atoms with E-state index in [1.807, 2.05) is 36.7 Å². The van der Waals surface area contributed by atoms with E-state index in [0.717, 1.165) is 12.1 Å². The summed E-state index contributed by atoms with van der Waals surface area (Å²) in [5.74, 6) is -0.220. The number of carbonyl (C=O) groups is 2. The minimum absolute atomic E-state index is 0.171. The molecule has 1 N–H and O–H groups in total. The van der Waals surface area contributed by atoms with Crippen LogP contribution in [0, 0.1) is 6.92 Å². The molecule has 0 saturated heterocycles. The van der Waals surface area contributed by atoms with Crippen LogP contribution in [0.2, 0.25) is 0 Å². The van der Waals surface area contributed by atoms with Gasteiger partial charge in [-0.1, -0.05) is 13.0 Å². The minimum atomic E-state index is -0.412. The Morgan fingerprint density at radius 3 is 2.89 bits per heavy atom. The summed E-state index contributed by atoms with van der Waals surface area (Å²) in [4.78, 5) is 28.5. The number of ether oxygens (including phenoxy) is 2. The van der Waals surface area contributed by atoms with Gasteiger partial charge >= 0.3 is 5.97 Å². The number of rotatable bonds is 7. The van der Waals surface area contributed by atoms with Gasteiger partial charge in [0.15, 0.2) is 18.0 Å². The largest absolute Gasteiger partial charge is 0.480 e. The number of benzene rings is 1. The lowest BCUT2D eigenvalue weighted by Gasteiger charge is -2.09. The third-order valence-electron chi connectivity index (χ3n) is 3.75. The second-order valence-electron chi connectivity index (χ2n) is 6.04. The zero-order chi connectivity index (χ0) is 19.2. The Kier molecular flexibility index (Phi) is 5.71. The van der Waals surface area contributed by atoms with Crippen molar-refractivity contribution in [3.63, 3.8) is 0 Å². The number of carbonyl (C=O) groups excluding carboxylic acids is 2. The molecule has 3 rings (SSSR count). The van der Waals surface area contributed by atoms with E-state index in [-0.39, 0.29) is 12.5 Å². The van der Waals surface area contributed by atoms with Crippen LogP contribution in [-0.4, -0.2) is 34.5 Å². The molecule has 0 unspecified atom stereocenters. The normalized spacial score (nSPS) is 10.6. The number of aryl methyl sites for hydroxylation is 1. The van der Waals surface area contributed by atoms with Crippen LogP contribution in [0.4, 0.5) is 5.69 Å². The quantitative estimate of drug-likeness (QED) is 0.649. The van der Waals surface area contributed by atoms with E-state index in [4.69, 9.17) is 9.47 Å². The molecule has 0 aliphatic heterocycles. The first kappa shape index (κ1) is 18.4. The van der Waals surface area contributed by atoms with Crippen molar-refractivity contribution in [1.29, 1.82) is 0 Å². The van der Waals surface area contributed by atoms with Crippen LogP contribution in [0.1, 0.15) is 29.4 Å². The second-order valence-corrected chi connectivity index (χ2v) is 6.04. The average Bonchev–Trinajstić information content (AvgIpc) is 3.05. The van der Waals surface area contributed by atoms with E-state index >= 15 is 0 Å². The number of hydrogen-bond acceptors (Lipinski definition) is 5. The molecule has 0 atom stereocenters. The first-order chi connectivity index (χ1) is 13.1. The lowest BCUT2D eigenvalue weighted by molar-refractivity contribution is -0.118. The Morgan fingerprint density at radius 1 is 1.22 bits per heavy atom. The van der Waals surface area contributed by atoms with Crippen LogP contribution < -0.4 is 10.1 Å². The van der Waals surface area contributed by atoms with E-state index in [1.165, 1.54) is 0 Å². The molecule has 0 fully saturated rings. The number of aromatic nitrogens is 2. The van der Waals surface area contributed by atoms with Crippen molar-refractivity contribution in [2.75, 3.05) is 18.5 Å². The number of anilines is 1. The van der Waals surface area contributed by atoms with Crippen molar-refractivity contribution < 1.29 is 19.1 Å². The highest BCUT2D eigenvalue weighted by Crippen LogP contribution is 2.19. The van der Waals surface area contributed by atoms with E-state index in [1.54, 1.807) is 30.3 Å². The molecule has 2 heterocycles. The number of pyridine rings is 1. The lowest BCUT2D eigenvalue weighted by atomic mass is 10.2. The van der Waals surface area contributed by atoms with Crippen LogP contribution in [0.5, 0.6) is 5.75 Å². The van der Waals surface area contributed by atoms with E-state index in [9.17, 15) is 9.59 Å². The van der Waals surface area contributed by atoms with E-state index < -0.39 is 5.97 Å². The molecule has 140 valence electrons. The highest BCUT2D eigenvalue weighted by atomic mass is 16.5. The maximum Gasteiger partial charge on any atom is 0.338 e. The van der Waals surface area contributed by atoms with Gasteiger partial charge in [0.05, 0.1) is 17.9 Å². The Labute approximate surface area is 156 Å². The summed E-state index contributed by atoms with van der Waals surface area (Å²) in [5, 5.41) is 2.72. The number of imidazole rings is 1. The Balaban J connectivity index is 1.61. The summed E-state index contributed by atoms with van der Waals surface area (Å²) in [5.41, 5.74) is 2.41. The van der Waals surface area contributed by atoms with Gasteiger partial charge in [0, 0.05) is 18.1 Å². The molecule has 0 bridgehead atoms. The van der Waals surface area contributed by atoms with Gasteiger partial charge < -0.3 is 19.2 Å². The number of hydrogen-bond donors (Lipinski definition) is 1. The Hall–Kier alpha value is -3.35. The zero-order valence-corrected chi connectivity index (χ0v) is 15.3. The maximum absolute atomic E-state index is 12.2. The van der Waals surface area contributed by atoms with Gasteiger partial charge in [0.1, 0.15) is 0 Å². The summed E-state index contributed by atoms with van der Waals surface area (Å²) in [6.45, 7) is 4.01. The Morgan fingerprint density at radius 2 is 2.07 bits per heavy atom. The minimum Gasteiger partial charge on any atom is -0.480 e. The molecular formula is C20H21N3O4. The van der Waals surface area contributed by atoms with Crippen LogP contribution in [0.15, 0.2) is 48.8 Å². The fourth-order valence-corrected chi connectivity index (χ4v) is 2.56. The SMILES string of the molecule is CCCOC(=O)c1cccc(NC(=O)COc2cccn3cc(C)nc23)c1. The monoisotopic (exact) mass is 367 g/mol. The third kappa shape index (κ3) is 4.63. The highest BCUT2D eigenvalue weighted by Gasteiger charge is 2.11. The van der Waals surface area contributed by atoms with Crippen molar-refractivity contribution in [1.82, 2.24) is 9.38 Å². The van der Waals surface area contributed by atoms with Crippen LogP contribution in [-0.2, 0) is 9.53 Å². The summed E-state index contributed by atoms with van der Waals surface area (Å²) >= 11 is 0. The summed E-state index contributed by atoms with van der Waals surface area (Å²) in [6.07, 6.45) is 4.50.